The minimum absolute atomic E-state index is 0.947. The number of aryl methyl sites for hydroxylation is 2. The van der Waals surface area contributed by atoms with Crippen LogP contribution >= 0.6 is 30.1 Å². The van der Waals surface area contributed by atoms with Crippen molar-refractivity contribution in [2.45, 2.75) is 40.5 Å². The van der Waals surface area contributed by atoms with Crippen LogP contribution in [0.3, 0.4) is 0 Å². The van der Waals surface area contributed by atoms with Gasteiger partial charge in [-0.05, 0) is 63.8 Å². The number of nitrogens with zero attached hydrogens (tertiary/aromatic N) is 2. The van der Waals surface area contributed by atoms with Gasteiger partial charge in [0.1, 0.15) is 0 Å². The van der Waals surface area contributed by atoms with Gasteiger partial charge in [0.2, 0.25) is 0 Å². The molecular formula is C22H28Cl3CrN2O. The monoisotopic (exact) mass is 493 g/mol. The Balaban J connectivity index is 0.000000386. The van der Waals surface area contributed by atoms with Crippen LogP contribution in [-0.4, -0.2) is 24.6 Å². The van der Waals surface area contributed by atoms with Gasteiger partial charge < -0.3 is 4.74 Å². The molecule has 0 unspecified atom stereocenters. The maximum absolute atomic E-state index is 4.94. The summed E-state index contributed by atoms with van der Waals surface area (Å²) in [6.45, 7) is 10.1. The second-order valence-electron chi connectivity index (χ2n) is 6.46. The van der Waals surface area contributed by atoms with Gasteiger partial charge in [-0.25, -0.2) is 0 Å². The van der Waals surface area contributed by atoms with Crippen LogP contribution in [0.25, 0.3) is 0 Å². The molecule has 7 heteroatoms. The summed E-state index contributed by atoms with van der Waals surface area (Å²) in [5.74, 6) is 0. The summed E-state index contributed by atoms with van der Waals surface area (Å²) in [6, 6.07) is 16.3. The first-order valence-electron chi connectivity index (χ1n) is 9.34. The van der Waals surface area contributed by atoms with E-state index < -0.39 is 11.4 Å². The summed E-state index contributed by atoms with van der Waals surface area (Å²) in [6.07, 6.45) is 2.56. The van der Waals surface area contributed by atoms with Crippen molar-refractivity contribution in [3.63, 3.8) is 0 Å². The van der Waals surface area contributed by atoms with E-state index in [1.165, 1.54) is 24.0 Å². The number of ether oxygens (including phenoxy) is 1. The van der Waals surface area contributed by atoms with Crippen molar-refractivity contribution in [1.29, 1.82) is 0 Å². The standard InChI is InChI=1S/C18H20N2.C4H8O.3ClH.Cr/c1-13-9-5-7-11-17(13)19-15(3)16(4)20-18-12-8-6-10-14(18)2;1-2-4-5-3-1;;;;/h5-12H,1-4H3;1-4H2;3*1H;/q;;;;;+3/p-3. The molecule has 1 heterocycles. The van der Waals surface area contributed by atoms with E-state index in [2.05, 4.69) is 36.0 Å². The van der Waals surface area contributed by atoms with E-state index in [4.69, 9.17) is 34.9 Å². The van der Waals surface area contributed by atoms with Crippen molar-refractivity contribution in [3.8, 4) is 0 Å². The molecule has 0 atom stereocenters. The number of hydrogen-bond donors (Lipinski definition) is 0. The summed E-state index contributed by atoms with van der Waals surface area (Å²) in [5, 5.41) is 0. The normalized spacial score (nSPS) is 14.1. The van der Waals surface area contributed by atoms with Crippen molar-refractivity contribution >= 4 is 52.9 Å². The first kappa shape index (κ1) is 26.2. The summed E-state index contributed by atoms with van der Waals surface area (Å²) < 4.78 is 4.94. The van der Waals surface area contributed by atoms with Gasteiger partial charge in [0.15, 0.2) is 0 Å². The molecule has 29 heavy (non-hydrogen) atoms. The van der Waals surface area contributed by atoms with Gasteiger partial charge in [0.05, 0.1) is 22.8 Å². The Bertz CT molecular complexity index is 736. The van der Waals surface area contributed by atoms with Crippen molar-refractivity contribution in [1.82, 2.24) is 0 Å². The number of aliphatic imine (C=N–C) groups is 2. The van der Waals surface area contributed by atoms with Crippen molar-refractivity contribution < 1.29 is 16.1 Å². The van der Waals surface area contributed by atoms with E-state index in [-0.39, 0.29) is 0 Å². The van der Waals surface area contributed by atoms with Crippen LogP contribution < -0.4 is 0 Å². The molecule has 1 fully saturated rings. The Morgan fingerprint density at radius 2 is 1.10 bits per heavy atom. The molecule has 1 aliphatic rings. The molecule has 3 rings (SSSR count). The molecular weight excluding hydrogens is 467 g/mol. The molecule has 0 radical (unpaired) electrons. The van der Waals surface area contributed by atoms with Crippen LogP contribution in [0.4, 0.5) is 11.4 Å². The number of hydrogen-bond acceptors (Lipinski definition) is 3. The molecule has 0 amide bonds. The average Bonchev–Trinajstić information content (AvgIpc) is 3.25. The van der Waals surface area contributed by atoms with E-state index in [1.807, 2.05) is 50.2 Å². The molecule has 159 valence electrons. The van der Waals surface area contributed by atoms with Gasteiger partial charge in [-0.2, -0.15) is 0 Å². The predicted octanol–water partition coefficient (Wildman–Crippen LogP) is 8.05. The van der Waals surface area contributed by atoms with Gasteiger partial charge in [0.25, 0.3) is 0 Å². The summed E-state index contributed by atoms with van der Waals surface area (Å²) >= 11 is -1.62. The van der Waals surface area contributed by atoms with Gasteiger partial charge in [-0.15, -0.1) is 0 Å². The van der Waals surface area contributed by atoms with Crippen LogP contribution in [0.1, 0.15) is 37.8 Å². The first-order chi connectivity index (χ1) is 13.8. The van der Waals surface area contributed by atoms with Crippen molar-refractivity contribution in [2.24, 2.45) is 9.98 Å². The molecule has 0 bridgehead atoms. The Labute approximate surface area is 191 Å². The van der Waals surface area contributed by atoms with Crippen molar-refractivity contribution in [3.05, 3.63) is 59.7 Å². The van der Waals surface area contributed by atoms with Crippen LogP contribution in [-0.2, 0) is 16.1 Å². The predicted molar refractivity (Wildman–Crippen MR) is 126 cm³/mol. The third kappa shape index (κ3) is 11.8. The fourth-order valence-electron chi connectivity index (χ4n) is 2.41. The van der Waals surface area contributed by atoms with E-state index in [9.17, 15) is 0 Å². The average molecular weight is 495 g/mol. The molecule has 2 aromatic rings. The fourth-order valence-corrected chi connectivity index (χ4v) is 2.41. The van der Waals surface area contributed by atoms with E-state index in [1.54, 1.807) is 0 Å². The molecule has 0 aliphatic carbocycles. The van der Waals surface area contributed by atoms with Crippen LogP contribution in [0.15, 0.2) is 58.5 Å². The second kappa shape index (κ2) is 15.0. The molecule has 0 aromatic heterocycles. The number of benzene rings is 2. The zero-order chi connectivity index (χ0) is 21.6. The van der Waals surface area contributed by atoms with Crippen LogP contribution in [0.2, 0.25) is 0 Å². The third-order valence-corrected chi connectivity index (χ3v) is 4.16. The minimum atomic E-state index is -1.62. The van der Waals surface area contributed by atoms with Gasteiger partial charge in [-0.3, -0.25) is 9.98 Å². The quantitative estimate of drug-likeness (QED) is 0.397. The Hall–Kier alpha value is -0.858. The zero-order valence-electron chi connectivity index (χ0n) is 17.3. The zero-order valence-corrected chi connectivity index (χ0v) is 20.8. The van der Waals surface area contributed by atoms with E-state index in [0.29, 0.717) is 0 Å². The summed E-state index contributed by atoms with van der Waals surface area (Å²) in [4.78, 5) is 9.34. The Kier molecular flexibility index (Phi) is 13.6. The third-order valence-electron chi connectivity index (χ3n) is 4.16. The Morgan fingerprint density at radius 3 is 1.38 bits per heavy atom. The molecule has 2 aromatic carbocycles. The number of halogens is 3. The second-order valence-corrected chi connectivity index (χ2v) is 12.8. The summed E-state index contributed by atoms with van der Waals surface area (Å²) in [5.41, 5.74) is 6.25. The SMILES string of the molecule is C1CCOC1.CC(=Nc1ccccc1C)C(C)=Nc1ccccc1C.[Cl][Cr]([Cl])[Cl]. The van der Waals surface area contributed by atoms with E-state index >= 15 is 0 Å². The number of rotatable bonds is 3. The maximum atomic E-state index is 4.94. The summed E-state index contributed by atoms with van der Waals surface area (Å²) in [7, 11) is 14.8. The van der Waals surface area contributed by atoms with Crippen LogP contribution in [0, 0.1) is 13.8 Å². The number of para-hydroxylation sites is 2. The molecule has 0 saturated carbocycles. The molecule has 3 nitrogen and oxygen atoms in total. The molecule has 0 N–H and O–H groups in total. The van der Waals surface area contributed by atoms with Gasteiger partial charge in [0, 0.05) is 13.2 Å². The van der Waals surface area contributed by atoms with E-state index in [0.717, 1.165) is 36.0 Å². The van der Waals surface area contributed by atoms with Crippen molar-refractivity contribution in [2.75, 3.05) is 13.2 Å². The first-order valence-corrected chi connectivity index (χ1v) is 14.6. The molecule has 1 saturated heterocycles. The van der Waals surface area contributed by atoms with Gasteiger partial charge >= 0.3 is 41.5 Å². The topological polar surface area (TPSA) is 34.0 Å². The molecule has 1 aliphatic heterocycles. The van der Waals surface area contributed by atoms with Crippen LogP contribution in [0.5, 0.6) is 0 Å². The Morgan fingerprint density at radius 1 is 0.759 bits per heavy atom. The van der Waals surface area contributed by atoms with Gasteiger partial charge in [-0.1, -0.05) is 36.4 Å². The molecule has 0 spiro atoms. The fraction of sp³-hybridized carbons (Fsp3) is 0.364.